The number of rotatable bonds is 8. The Morgan fingerprint density at radius 1 is 1.28 bits per heavy atom. The molecule has 2 aromatic rings. The molecule has 0 spiro atoms. The molecule has 1 aliphatic carbocycles. The van der Waals surface area contributed by atoms with E-state index >= 15 is 0 Å². The molecule has 160 valence electrons. The minimum absolute atomic E-state index is 0. The molecule has 3 rings (SSSR count). The van der Waals surface area contributed by atoms with Gasteiger partial charge in [-0.25, -0.2) is 0 Å². The normalized spacial score (nSPS) is 13.9. The van der Waals surface area contributed by atoms with Gasteiger partial charge in [-0.1, -0.05) is 37.7 Å². The lowest BCUT2D eigenvalue weighted by Crippen LogP contribution is -2.24. The summed E-state index contributed by atoms with van der Waals surface area (Å²) in [6, 6.07) is 6.43. The van der Waals surface area contributed by atoms with Crippen molar-refractivity contribution < 1.29 is 0 Å². The van der Waals surface area contributed by atoms with E-state index in [-0.39, 0.29) is 24.0 Å². The van der Waals surface area contributed by atoms with Crippen molar-refractivity contribution in [2.45, 2.75) is 64.1 Å². The zero-order valence-corrected chi connectivity index (χ0v) is 20.8. The van der Waals surface area contributed by atoms with E-state index < -0.39 is 0 Å². The molecule has 29 heavy (non-hydrogen) atoms. The molecule has 1 aliphatic rings. The van der Waals surface area contributed by atoms with Crippen molar-refractivity contribution in [1.82, 2.24) is 14.8 Å². The first-order valence-electron chi connectivity index (χ1n) is 10.2. The average molecular weight is 529 g/mol. The SMILES string of the molecule is CSc1nnc(CCCN=C(N)Nc2cccc3c2CCCC3)n1CC(C)C.I. The first kappa shape index (κ1) is 24.0. The van der Waals surface area contributed by atoms with E-state index in [2.05, 4.69) is 57.1 Å². The molecule has 3 N–H and O–H groups in total. The van der Waals surface area contributed by atoms with Gasteiger partial charge in [-0.05, 0) is 61.5 Å². The van der Waals surface area contributed by atoms with E-state index in [9.17, 15) is 0 Å². The molecule has 0 bridgehead atoms. The summed E-state index contributed by atoms with van der Waals surface area (Å²) in [6.45, 7) is 6.06. The van der Waals surface area contributed by atoms with Crippen LogP contribution in [0.15, 0.2) is 28.3 Å². The number of fused-ring (bicyclic) bond motifs is 1. The molecule has 1 aromatic heterocycles. The molecular formula is C21H33IN6S. The fraction of sp³-hybridized carbons (Fsp3) is 0.571. The highest BCUT2D eigenvalue weighted by atomic mass is 127. The molecule has 8 heteroatoms. The minimum Gasteiger partial charge on any atom is -0.370 e. The number of nitrogens with zero attached hydrogens (tertiary/aromatic N) is 4. The number of hydrogen-bond acceptors (Lipinski definition) is 4. The first-order valence-corrected chi connectivity index (χ1v) is 11.4. The number of aliphatic imine (C=N–C) groups is 1. The van der Waals surface area contributed by atoms with Gasteiger partial charge in [0, 0.05) is 25.2 Å². The lowest BCUT2D eigenvalue weighted by Gasteiger charge is -2.19. The summed E-state index contributed by atoms with van der Waals surface area (Å²) in [5, 5.41) is 13.0. The zero-order valence-electron chi connectivity index (χ0n) is 17.6. The topological polar surface area (TPSA) is 81.1 Å². The van der Waals surface area contributed by atoms with Gasteiger partial charge in [0.2, 0.25) is 0 Å². The van der Waals surface area contributed by atoms with Gasteiger partial charge < -0.3 is 15.6 Å². The molecule has 0 saturated carbocycles. The highest BCUT2D eigenvalue weighted by Gasteiger charge is 2.14. The third-order valence-corrected chi connectivity index (χ3v) is 5.69. The van der Waals surface area contributed by atoms with Crippen LogP contribution >= 0.6 is 35.7 Å². The van der Waals surface area contributed by atoms with Crippen LogP contribution < -0.4 is 11.1 Å². The number of nitrogens with two attached hydrogens (primary N) is 1. The van der Waals surface area contributed by atoms with Crippen LogP contribution in [0.5, 0.6) is 0 Å². The van der Waals surface area contributed by atoms with Gasteiger partial charge in [-0.2, -0.15) is 0 Å². The van der Waals surface area contributed by atoms with E-state index in [1.807, 2.05) is 6.26 Å². The second kappa shape index (κ2) is 11.8. The fourth-order valence-electron chi connectivity index (χ4n) is 3.72. The number of anilines is 1. The zero-order chi connectivity index (χ0) is 19.9. The number of aromatic nitrogens is 3. The highest BCUT2D eigenvalue weighted by Crippen LogP contribution is 2.27. The van der Waals surface area contributed by atoms with Gasteiger partial charge in [0.05, 0.1) is 0 Å². The van der Waals surface area contributed by atoms with Gasteiger partial charge in [-0.15, -0.1) is 34.2 Å². The molecule has 0 fully saturated rings. The van der Waals surface area contributed by atoms with Crippen molar-refractivity contribution in [1.29, 1.82) is 0 Å². The second-order valence-corrected chi connectivity index (χ2v) is 8.53. The maximum atomic E-state index is 6.14. The van der Waals surface area contributed by atoms with E-state index in [0.29, 0.717) is 18.4 Å². The van der Waals surface area contributed by atoms with Crippen LogP contribution in [-0.4, -0.2) is 33.5 Å². The third-order valence-electron chi connectivity index (χ3n) is 5.02. The van der Waals surface area contributed by atoms with Crippen molar-refractivity contribution >= 4 is 47.4 Å². The van der Waals surface area contributed by atoms with E-state index in [1.165, 1.54) is 24.0 Å². The summed E-state index contributed by atoms with van der Waals surface area (Å²) in [5.41, 5.74) is 10.1. The minimum atomic E-state index is 0. The number of guanidine groups is 1. The number of aryl methyl sites for hydroxylation is 2. The second-order valence-electron chi connectivity index (χ2n) is 7.75. The molecule has 0 amide bonds. The standard InChI is InChI=1S/C21H32N6S.HI/c1-15(2)14-27-19(25-26-21(27)28-3)12-7-13-23-20(22)24-18-11-6-9-16-8-4-5-10-17(16)18;/h6,9,11,15H,4-5,7-8,10,12-14H2,1-3H3,(H3,22,23,24);1H. The van der Waals surface area contributed by atoms with Gasteiger partial charge in [-0.3, -0.25) is 4.99 Å². The number of halogens is 1. The van der Waals surface area contributed by atoms with Crippen LogP contribution in [0.3, 0.4) is 0 Å². The summed E-state index contributed by atoms with van der Waals surface area (Å²) in [6.07, 6.45) is 8.62. The monoisotopic (exact) mass is 528 g/mol. The Bertz CT molecular complexity index is 817. The van der Waals surface area contributed by atoms with Crippen LogP contribution in [0, 0.1) is 5.92 Å². The molecule has 0 radical (unpaired) electrons. The van der Waals surface area contributed by atoms with Crippen molar-refractivity contribution in [3.05, 3.63) is 35.2 Å². The van der Waals surface area contributed by atoms with Crippen LogP contribution in [0.2, 0.25) is 0 Å². The molecule has 1 aromatic carbocycles. The van der Waals surface area contributed by atoms with Crippen molar-refractivity contribution in [3.63, 3.8) is 0 Å². The largest absolute Gasteiger partial charge is 0.370 e. The quantitative estimate of drug-likeness (QED) is 0.173. The van der Waals surface area contributed by atoms with Gasteiger partial charge >= 0.3 is 0 Å². The van der Waals surface area contributed by atoms with Gasteiger partial charge in [0.15, 0.2) is 11.1 Å². The fourth-order valence-corrected chi connectivity index (χ4v) is 4.24. The van der Waals surface area contributed by atoms with E-state index in [0.717, 1.165) is 48.9 Å². The molecule has 0 aliphatic heterocycles. The van der Waals surface area contributed by atoms with Crippen LogP contribution in [-0.2, 0) is 25.8 Å². The maximum absolute atomic E-state index is 6.14. The molecule has 0 saturated heterocycles. The summed E-state index contributed by atoms with van der Waals surface area (Å²) >= 11 is 1.65. The Morgan fingerprint density at radius 3 is 2.83 bits per heavy atom. The van der Waals surface area contributed by atoms with E-state index in [4.69, 9.17) is 5.73 Å². The first-order chi connectivity index (χ1) is 13.6. The number of nitrogens with one attached hydrogen (secondary N) is 1. The number of benzene rings is 1. The Balaban J connectivity index is 0.00000300. The highest BCUT2D eigenvalue weighted by molar-refractivity contribution is 14.0. The van der Waals surface area contributed by atoms with Gasteiger partial charge in [0.1, 0.15) is 5.82 Å². The summed E-state index contributed by atoms with van der Waals surface area (Å²) in [5.74, 6) is 2.10. The van der Waals surface area contributed by atoms with E-state index in [1.54, 1.807) is 11.8 Å². The Hall–Kier alpha value is -1.29. The van der Waals surface area contributed by atoms with Crippen LogP contribution in [0.4, 0.5) is 5.69 Å². The predicted molar refractivity (Wildman–Crippen MR) is 134 cm³/mol. The molecule has 0 unspecified atom stereocenters. The Morgan fingerprint density at radius 2 is 2.07 bits per heavy atom. The number of thioether (sulfide) groups is 1. The molecule has 0 atom stereocenters. The third kappa shape index (κ3) is 6.60. The smallest absolute Gasteiger partial charge is 0.193 e. The summed E-state index contributed by atoms with van der Waals surface area (Å²) in [7, 11) is 0. The summed E-state index contributed by atoms with van der Waals surface area (Å²) in [4.78, 5) is 4.52. The van der Waals surface area contributed by atoms with Crippen molar-refractivity contribution in [2.24, 2.45) is 16.6 Å². The predicted octanol–water partition coefficient (Wildman–Crippen LogP) is 4.51. The lowest BCUT2D eigenvalue weighted by molar-refractivity contribution is 0.477. The molecule has 6 nitrogen and oxygen atoms in total. The van der Waals surface area contributed by atoms with Crippen LogP contribution in [0.1, 0.15) is 50.1 Å². The van der Waals surface area contributed by atoms with Gasteiger partial charge in [0.25, 0.3) is 0 Å². The molecule has 1 heterocycles. The average Bonchev–Trinajstić information content (AvgIpc) is 3.06. The number of hydrogen-bond donors (Lipinski definition) is 2. The van der Waals surface area contributed by atoms with Crippen molar-refractivity contribution in [3.8, 4) is 0 Å². The Kier molecular flexibility index (Phi) is 9.74. The van der Waals surface area contributed by atoms with Crippen molar-refractivity contribution in [2.75, 3.05) is 18.1 Å². The lowest BCUT2D eigenvalue weighted by atomic mass is 9.90. The van der Waals surface area contributed by atoms with Crippen LogP contribution in [0.25, 0.3) is 0 Å². The Labute approximate surface area is 195 Å². The molecular weight excluding hydrogens is 495 g/mol. The maximum Gasteiger partial charge on any atom is 0.193 e. The summed E-state index contributed by atoms with van der Waals surface area (Å²) < 4.78 is 2.23.